The Kier molecular flexibility index (Phi) is 6.17. The van der Waals surface area contributed by atoms with E-state index in [1.54, 1.807) is 0 Å². The van der Waals surface area contributed by atoms with Crippen molar-refractivity contribution in [1.82, 2.24) is 18.7 Å². The molecule has 28 heavy (non-hydrogen) atoms. The van der Waals surface area contributed by atoms with Gasteiger partial charge in [0.15, 0.2) is 0 Å². The zero-order chi connectivity index (χ0) is 19.7. The Morgan fingerprint density at radius 2 is 0.893 bits per heavy atom. The molecule has 0 unspecified atom stereocenters. The van der Waals surface area contributed by atoms with E-state index in [1.807, 2.05) is 12.1 Å². The van der Waals surface area contributed by atoms with E-state index in [4.69, 9.17) is 9.05 Å². The van der Waals surface area contributed by atoms with Gasteiger partial charge in [-0.15, -0.1) is 0 Å². The minimum atomic E-state index is -0.774. The van der Waals surface area contributed by atoms with Crippen molar-refractivity contribution in [3.8, 4) is 22.6 Å². The summed E-state index contributed by atoms with van der Waals surface area (Å²) in [7, 11) is 6.97. The summed E-state index contributed by atoms with van der Waals surface area (Å²) in [5.41, 5.74) is 2.16. The lowest BCUT2D eigenvalue weighted by Crippen LogP contribution is -2.13. The lowest BCUT2D eigenvalue weighted by atomic mass is 10.0. The molecule has 2 aliphatic heterocycles. The first-order valence-electron chi connectivity index (χ1n) is 9.53. The van der Waals surface area contributed by atoms with Crippen LogP contribution in [0.15, 0.2) is 48.5 Å². The first kappa shape index (κ1) is 20.0. The van der Waals surface area contributed by atoms with Gasteiger partial charge in [-0.25, -0.2) is 18.7 Å². The van der Waals surface area contributed by atoms with Crippen molar-refractivity contribution in [2.24, 2.45) is 0 Å². The van der Waals surface area contributed by atoms with Crippen LogP contribution in [0.4, 0.5) is 0 Å². The molecule has 4 rings (SSSR count). The van der Waals surface area contributed by atoms with Crippen LogP contribution in [0.3, 0.4) is 0 Å². The largest absolute Gasteiger partial charge is 0.444 e. The molecule has 0 N–H and O–H groups in total. The van der Waals surface area contributed by atoms with Crippen molar-refractivity contribution in [2.45, 2.75) is 0 Å². The van der Waals surface area contributed by atoms with Crippen LogP contribution in [0.5, 0.6) is 11.5 Å². The van der Waals surface area contributed by atoms with Crippen molar-refractivity contribution in [2.75, 3.05) is 54.4 Å². The Labute approximate surface area is 170 Å². The second-order valence-electron chi connectivity index (χ2n) is 7.21. The van der Waals surface area contributed by atoms with Gasteiger partial charge in [0.1, 0.15) is 11.5 Å². The number of hydrogen-bond acceptors (Lipinski definition) is 6. The normalized spacial score (nSPS) is 20.9. The maximum atomic E-state index is 6.50. The van der Waals surface area contributed by atoms with Crippen LogP contribution in [-0.2, 0) is 0 Å². The number of para-hydroxylation sites is 2. The molecule has 2 heterocycles. The van der Waals surface area contributed by atoms with Gasteiger partial charge in [0.25, 0.3) is 0 Å². The van der Waals surface area contributed by atoms with Crippen molar-refractivity contribution >= 4 is 16.9 Å². The zero-order valence-electron chi connectivity index (χ0n) is 16.9. The van der Waals surface area contributed by atoms with E-state index in [1.165, 1.54) is 0 Å². The van der Waals surface area contributed by atoms with E-state index in [-0.39, 0.29) is 0 Å². The highest BCUT2D eigenvalue weighted by Gasteiger charge is 2.32. The molecular formula is C20H28N4O2P2. The van der Waals surface area contributed by atoms with Crippen LogP contribution in [0, 0.1) is 0 Å². The Morgan fingerprint density at radius 3 is 1.25 bits per heavy atom. The minimum Gasteiger partial charge on any atom is -0.444 e. The highest BCUT2D eigenvalue weighted by molar-refractivity contribution is 7.48. The number of rotatable bonds is 5. The van der Waals surface area contributed by atoms with Gasteiger partial charge in [0.05, 0.1) is 0 Å². The van der Waals surface area contributed by atoms with Crippen molar-refractivity contribution in [1.29, 1.82) is 0 Å². The van der Waals surface area contributed by atoms with E-state index >= 15 is 0 Å². The molecule has 2 aliphatic rings. The Morgan fingerprint density at radius 1 is 0.571 bits per heavy atom. The SMILES string of the molecule is CN1CCN(C)P1Oc1ccccc1-c1ccccc1OP1N(C)CCN1C. The molecule has 2 aromatic carbocycles. The van der Waals surface area contributed by atoms with E-state index in [2.05, 4.69) is 83.3 Å². The second-order valence-corrected chi connectivity index (χ2v) is 11.3. The molecule has 0 aliphatic carbocycles. The summed E-state index contributed by atoms with van der Waals surface area (Å²) in [4.78, 5) is 0. The van der Waals surface area contributed by atoms with E-state index < -0.39 is 16.9 Å². The quantitative estimate of drug-likeness (QED) is 0.673. The van der Waals surface area contributed by atoms with E-state index in [9.17, 15) is 0 Å². The average Bonchev–Trinajstić information content (AvgIpc) is 3.19. The number of hydrogen-bond donors (Lipinski definition) is 0. The highest BCUT2D eigenvalue weighted by Crippen LogP contribution is 2.52. The molecule has 2 saturated heterocycles. The van der Waals surface area contributed by atoms with Gasteiger partial charge >= 0.3 is 0 Å². The molecule has 0 atom stereocenters. The molecule has 0 spiro atoms. The van der Waals surface area contributed by atoms with Gasteiger partial charge < -0.3 is 9.05 Å². The summed E-state index contributed by atoms with van der Waals surface area (Å²) in [5.74, 6) is 1.82. The molecule has 0 amide bonds. The Balaban J connectivity index is 1.65. The fourth-order valence-corrected chi connectivity index (χ4v) is 6.75. The summed E-state index contributed by atoms with van der Waals surface area (Å²) in [6, 6.07) is 16.6. The smallest absolute Gasteiger partial charge is 0.247 e. The van der Waals surface area contributed by atoms with Crippen LogP contribution in [-0.4, -0.2) is 73.1 Å². The summed E-state index contributed by atoms with van der Waals surface area (Å²) >= 11 is 0. The first-order chi connectivity index (χ1) is 13.5. The molecule has 2 fully saturated rings. The molecule has 0 bridgehead atoms. The lowest BCUT2D eigenvalue weighted by Gasteiger charge is -2.27. The van der Waals surface area contributed by atoms with E-state index in [0.717, 1.165) is 48.8 Å². The van der Waals surface area contributed by atoms with Crippen LogP contribution < -0.4 is 9.05 Å². The third kappa shape index (κ3) is 4.04. The zero-order valence-corrected chi connectivity index (χ0v) is 18.7. The van der Waals surface area contributed by atoms with Crippen LogP contribution in [0.2, 0.25) is 0 Å². The molecule has 0 aromatic heterocycles. The fourth-order valence-electron chi connectivity index (χ4n) is 3.43. The minimum absolute atomic E-state index is 0.774. The second kappa shape index (κ2) is 8.62. The molecule has 0 radical (unpaired) electrons. The molecule has 8 heteroatoms. The number of benzene rings is 2. The predicted molar refractivity (Wildman–Crippen MR) is 117 cm³/mol. The van der Waals surface area contributed by atoms with Crippen molar-refractivity contribution in [3.05, 3.63) is 48.5 Å². The summed E-state index contributed by atoms with van der Waals surface area (Å²) in [6.07, 6.45) is 0. The lowest BCUT2D eigenvalue weighted by molar-refractivity contribution is 0.496. The topological polar surface area (TPSA) is 31.4 Å². The predicted octanol–water partition coefficient (Wildman–Crippen LogP) is 4.32. The van der Waals surface area contributed by atoms with E-state index in [0.29, 0.717) is 0 Å². The van der Waals surface area contributed by atoms with Crippen LogP contribution in [0.25, 0.3) is 11.1 Å². The van der Waals surface area contributed by atoms with Gasteiger partial charge in [-0.1, -0.05) is 36.4 Å². The van der Waals surface area contributed by atoms with Gasteiger partial charge in [0, 0.05) is 37.3 Å². The molecular weight excluding hydrogens is 390 g/mol. The Bertz CT molecular complexity index is 737. The van der Waals surface area contributed by atoms with Gasteiger partial charge in [0.2, 0.25) is 16.9 Å². The van der Waals surface area contributed by atoms with Gasteiger partial charge in [-0.2, -0.15) is 0 Å². The third-order valence-electron chi connectivity index (χ3n) is 5.09. The average molecular weight is 418 g/mol. The third-order valence-corrected chi connectivity index (χ3v) is 8.94. The summed E-state index contributed by atoms with van der Waals surface area (Å²) in [5, 5.41) is 0. The van der Waals surface area contributed by atoms with Crippen LogP contribution >= 0.6 is 16.9 Å². The molecule has 150 valence electrons. The molecule has 0 saturated carbocycles. The number of likely N-dealkylation sites (N-methyl/N-ethyl adjacent to an activating group) is 4. The van der Waals surface area contributed by atoms with Crippen LogP contribution in [0.1, 0.15) is 0 Å². The molecule has 6 nitrogen and oxygen atoms in total. The fraction of sp³-hybridized carbons (Fsp3) is 0.400. The highest BCUT2D eigenvalue weighted by atomic mass is 31.2. The van der Waals surface area contributed by atoms with Crippen molar-refractivity contribution in [3.63, 3.8) is 0 Å². The molecule has 2 aromatic rings. The monoisotopic (exact) mass is 418 g/mol. The summed E-state index contributed by atoms with van der Waals surface area (Å²) < 4.78 is 22.2. The summed E-state index contributed by atoms with van der Waals surface area (Å²) in [6.45, 7) is 4.14. The first-order valence-corrected chi connectivity index (χ1v) is 11.9. The number of nitrogens with zero attached hydrogens (tertiary/aromatic N) is 4. The Hall–Kier alpha value is -1.26. The maximum absolute atomic E-state index is 6.50. The standard InChI is InChI=1S/C20H28N4O2P2/c1-21-13-14-22(2)27(21)25-19-11-7-5-9-17(19)18-10-6-8-12-20(18)26-28-23(3)15-16-24(28)4/h5-12H,13-16H2,1-4H3. The maximum Gasteiger partial charge on any atom is 0.247 e. The van der Waals surface area contributed by atoms with Gasteiger partial charge in [-0.05, 0) is 40.3 Å². The van der Waals surface area contributed by atoms with Crippen molar-refractivity contribution < 1.29 is 9.05 Å². The van der Waals surface area contributed by atoms with Gasteiger partial charge in [-0.3, -0.25) is 0 Å².